The van der Waals surface area contributed by atoms with E-state index in [1.807, 2.05) is 4.90 Å². The summed E-state index contributed by atoms with van der Waals surface area (Å²) < 4.78 is 1.55. The number of nitrogens with two attached hydrogens (primary N) is 1. The van der Waals surface area contributed by atoms with Gasteiger partial charge in [0.1, 0.15) is 0 Å². The Bertz CT molecular complexity index is 393. The molecular weight excluding hydrogens is 192 g/mol. The predicted molar refractivity (Wildman–Crippen MR) is 58.9 cm³/mol. The van der Waals surface area contributed by atoms with Crippen LogP contribution in [0.25, 0.3) is 0 Å². The van der Waals surface area contributed by atoms with Crippen molar-refractivity contribution in [3.8, 4) is 0 Å². The zero-order chi connectivity index (χ0) is 10.8. The Balaban J connectivity index is 2.23. The molecule has 0 atom stereocenters. The van der Waals surface area contributed by atoms with Crippen LogP contribution in [0, 0.1) is 0 Å². The second-order valence-electron chi connectivity index (χ2n) is 3.99. The van der Waals surface area contributed by atoms with Crippen LogP contribution in [0.1, 0.15) is 12.8 Å². The van der Waals surface area contributed by atoms with Gasteiger partial charge in [-0.1, -0.05) is 0 Å². The van der Waals surface area contributed by atoms with Gasteiger partial charge in [0, 0.05) is 38.6 Å². The molecule has 15 heavy (non-hydrogen) atoms. The van der Waals surface area contributed by atoms with Gasteiger partial charge in [0.15, 0.2) is 5.82 Å². The first-order valence-corrected chi connectivity index (χ1v) is 5.20. The first-order chi connectivity index (χ1) is 7.18. The number of rotatable bonds is 1. The Morgan fingerprint density at radius 2 is 2.13 bits per heavy atom. The molecule has 2 rings (SSSR count). The molecule has 0 saturated carbocycles. The van der Waals surface area contributed by atoms with Gasteiger partial charge in [0.2, 0.25) is 0 Å². The Hall–Kier alpha value is -1.36. The molecule has 5 nitrogen and oxygen atoms in total. The van der Waals surface area contributed by atoms with Crippen molar-refractivity contribution in [3.05, 3.63) is 22.7 Å². The molecule has 0 radical (unpaired) electrons. The van der Waals surface area contributed by atoms with Crippen molar-refractivity contribution < 1.29 is 0 Å². The summed E-state index contributed by atoms with van der Waals surface area (Å²) >= 11 is 0. The number of hydrogen-bond acceptors (Lipinski definition) is 4. The highest BCUT2D eigenvalue weighted by molar-refractivity contribution is 5.36. The van der Waals surface area contributed by atoms with Gasteiger partial charge in [-0.05, 0) is 12.8 Å². The quantitative estimate of drug-likeness (QED) is 0.688. The smallest absolute Gasteiger partial charge is 0.293 e. The SMILES string of the molecule is Cn1ccnc(N2CCC(N)CC2)c1=O. The molecule has 1 saturated heterocycles. The minimum Gasteiger partial charge on any atom is -0.352 e. The van der Waals surface area contributed by atoms with Crippen molar-refractivity contribution in [1.82, 2.24) is 9.55 Å². The fourth-order valence-electron chi connectivity index (χ4n) is 1.81. The Morgan fingerprint density at radius 1 is 1.47 bits per heavy atom. The van der Waals surface area contributed by atoms with Crippen molar-refractivity contribution in [2.24, 2.45) is 12.8 Å². The molecule has 0 aromatic carbocycles. The van der Waals surface area contributed by atoms with Gasteiger partial charge in [-0.25, -0.2) is 4.98 Å². The van der Waals surface area contributed by atoms with E-state index in [0.717, 1.165) is 25.9 Å². The average Bonchev–Trinajstić information content (AvgIpc) is 2.24. The summed E-state index contributed by atoms with van der Waals surface area (Å²) in [7, 11) is 1.74. The summed E-state index contributed by atoms with van der Waals surface area (Å²) in [5, 5.41) is 0. The molecule has 1 fully saturated rings. The van der Waals surface area contributed by atoms with Crippen molar-refractivity contribution >= 4 is 5.82 Å². The van der Waals surface area contributed by atoms with E-state index >= 15 is 0 Å². The molecule has 0 bridgehead atoms. The molecule has 5 heteroatoms. The lowest BCUT2D eigenvalue weighted by atomic mass is 10.1. The highest BCUT2D eigenvalue weighted by Gasteiger charge is 2.19. The maximum atomic E-state index is 11.8. The standard InChI is InChI=1S/C10H16N4O/c1-13-7-4-12-9(10(13)15)14-5-2-8(11)3-6-14/h4,7-8H,2-3,5-6,11H2,1H3. The molecule has 1 aromatic rings. The van der Waals surface area contributed by atoms with Crippen LogP contribution in [-0.4, -0.2) is 28.7 Å². The minimum atomic E-state index is -0.0343. The third kappa shape index (κ3) is 2.02. The van der Waals surface area contributed by atoms with Crippen LogP contribution >= 0.6 is 0 Å². The van der Waals surface area contributed by atoms with E-state index in [0.29, 0.717) is 5.82 Å². The van der Waals surface area contributed by atoms with Gasteiger partial charge in [-0.3, -0.25) is 4.79 Å². The van der Waals surface area contributed by atoms with E-state index in [9.17, 15) is 4.79 Å². The largest absolute Gasteiger partial charge is 0.352 e. The highest BCUT2D eigenvalue weighted by atomic mass is 16.1. The lowest BCUT2D eigenvalue weighted by Crippen LogP contribution is -2.42. The number of aromatic nitrogens is 2. The van der Waals surface area contributed by atoms with E-state index in [-0.39, 0.29) is 11.6 Å². The molecule has 82 valence electrons. The second-order valence-corrected chi connectivity index (χ2v) is 3.99. The number of aryl methyl sites for hydroxylation is 1. The van der Waals surface area contributed by atoms with Crippen LogP contribution in [0.2, 0.25) is 0 Å². The molecule has 1 aromatic heterocycles. The molecule has 0 unspecified atom stereocenters. The molecule has 0 amide bonds. The fraction of sp³-hybridized carbons (Fsp3) is 0.600. The van der Waals surface area contributed by atoms with Crippen LogP contribution in [0.15, 0.2) is 17.2 Å². The van der Waals surface area contributed by atoms with Crippen LogP contribution < -0.4 is 16.2 Å². The number of nitrogens with zero attached hydrogens (tertiary/aromatic N) is 3. The van der Waals surface area contributed by atoms with E-state index in [1.165, 1.54) is 0 Å². The number of hydrogen-bond donors (Lipinski definition) is 1. The molecular formula is C10H16N4O. The highest BCUT2D eigenvalue weighted by Crippen LogP contribution is 2.12. The minimum absolute atomic E-state index is 0.0343. The summed E-state index contributed by atoms with van der Waals surface area (Å²) in [6.07, 6.45) is 5.19. The third-order valence-corrected chi connectivity index (χ3v) is 2.84. The zero-order valence-electron chi connectivity index (χ0n) is 8.89. The van der Waals surface area contributed by atoms with Crippen LogP contribution in [0.5, 0.6) is 0 Å². The third-order valence-electron chi connectivity index (χ3n) is 2.84. The first kappa shape index (κ1) is 10.2. The molecule has 1 aliphatic rings. The van der Waals surface area contributed by atoms with Gasteiger partial charge in [-0.15, -0.1) is 0 Å². The van der Waals surface area contributed by atoms with Crippen molar-refractivity contribution in [2.75, 3.05) is 18.0 Å². The first-order valence-electron chi connectivity index (χ1n) is 5.20. The molecule has 0 aliphatic carbocycles. The van der Waals surface area contributed by atoms with Gasteiger partial charge >= 0.3 is 0 Å². The second kappa shape index (κ2) is 4.02. The van der Waals surface area contributed by atoms with E-state index in [1.54, 1.807) is 24.0 Å². The monoisotopic (exact) mass is 208 g/mol. The van der Waals surface area contributed by atoms with Gasteiger partial charge in [0.05, 0.1) is 0 Å². The van der Waals surface area contributed by atoms with Crippen molar-refractivity contribution in [2.45, 2.75) is 18.9 Å². The normalized spacial score (nSPS) is 18.1. The van der Waals surface area contributed by atoms with Crippen LogP contribution in [0.4, 0.5) is 5.82 Å². The molecule has 1 aliphatic heterocycles. The van der Waals surface area contributed by atoms with Crippen molar-refractivity contribution in [3.63, 3.8) is 0 Å². The predicted octanol–water partition coefficient (Wildman–Crippen LogP) is -0.292. The number of anilines is 1. The maximum absolute atomic E-state index is 11.8. The summed E-state index contributed by atoms with van der Waals surface area (Å²) in [5.41, 5.74) is 5.78. The molecule has 2 heterocycles. The lowest BCUT2D eigenvalue weighted by Gasteiger charge is -2.30. The van der Waals surface area contributed by atoms with Gasteiger partial charge in [-0.2, -0.15) is 0 Å². The Kier molecular flexibility index (Phi) is 2.73. The van der Waals surface area contributed by atoms with E-state index < -0.39 is 0 Å². The van der Waals surface area contributed by atoms with E-state index in [2.05, 4.69) is 4.98 Å². The summed E-state index contributed by atoms with van der Waals surface area (Å²) in [6.45, 7) is 1.65. The van der Waals surface area contributed by atoms with Crippen LogP contribution in [-0.2, 0) is 7.05 Å². The van der Waals surface area contributed by atoms with Crippen molar-refractivity contribution in [1.29, 1.82) is 0 Å². The molecule has 0 spiro atoms. The summed E-state index contributed by atoms with van der Waals surface area (Å²) in [5.74, 6) is 0.548. The van der Waals surface area contributed by atoms with Crippen LogP contribution in [0.3, 0.4) is 0 Å². The van der Waals surface area contributed by atoms with Gasteiger partial charge < -0.3 is 15.2 Å². The lowest BCUT2D eigenvalue weighted by molar-refractivity contribution is 0.496. The van der Waals surface area contributed by atoms with E-state index in [4.69, 9.17) is 5.73 Å². The zero-order valence-corrected chi connectivity index (χ0v) is 8.89. The maximum Gasteiger partial charge on any atom is 0.293 e. The fourth-order valence-corrected chi connectivity index (χ4v) is 1.81. The topological polar surface area (TPSA) is 64.2 Å². The Morgan fingerprint density at radius 3 is 2.80 bits per heavy atom. The van der Waals surface area contributed by atoms with Gasteiger partial charge in [0.25, 0.3) is 5.56 Å². The molecule has 2 N–H and O–H groups in total. The Labute approximate surface area is 88.5 Å². The average molecular weight is 208 g/mol. The summed E-state index contributed by atoms with van der Waals surface area (Å²) in [6, 6.07) is 0.272. The summed E-state index contributed by atoms with van der Waals surface area (Å²) in [4.78, 5) is 17.9. The number of piperidine rings is 1.